The quantitative estimate of drug-likeness (QED) is 0.767. The summed E-state index contributed by atoms with van der Waals surface area (Å²) in [6.07, 6.45) is 4.75. The first-order valence-electron chi connectivity index (χ1n) is 7.44. The first-order chi connectivity index (χ1) is 9.79. The average molecular weight is 296 g/mol. The largest absolute Gasteiger partial charge is 0.395 e. The molecule has 0 radical (unpaired) electrons. The molecule has 2 heterocycles. The summed E-state index contributed by atoms with van der Waals surface area (Å²) in [6.45, 7) is 2.28. The van der Waals surface area contributed by atoms with Crippen molar-refractivity contribution >= 4 is 17.2 Å². The van der Waals surface area contributed by atoms with Gasteiger partial charge in [0.05, 0.1) is 6.61 Å². The zero-order valence-electron chi connectivity index (χ0n) is 11.9. The van der Waals surface area contributed by atoms with E-state index >= 15 is 0 Å². The summed E-state index contributed by atoms with van der Waals surface area (Å²) in [5, 5.41) is 14.6. The van der Waals surface area contributed by atoms with Crippen LogP contribution >= 0.6 is 11.3 Å². The van der Waals surface area contributed by atoms with Crippen molar-refractivity contribution in [2.24, 2.45) is 0 Å². The Balaban J connectivity index is 1.73. The van der Waals surface area contributed by atoms with Crippen LogP contribution in [0.25, 0.3) is 0 Å². The molecule has 0 spiro atoms. The van der Waals surface area contributed by atoms with Gasteiger partial charge in [-0.05, 0) is 43.7 Å². The fraction of sp³-hybridized carbons (Fsp3) is 0.667. The minimum absolute atomic E-state index is 0.0450. The van der Waals surface area contributed by atoms with Crippen LogP contribution in [0.2, 0.25) is 0 Å². The lowest BCUT2D eigenvalue weighted by molar-refractivity contribution is -0.132. The molecule has 2 rings (SSSR count). The fourth-order valence-corrected chi connectivity index (χ4v) is 3.40. The first-order valence-corrected chi connectivity index (χ1v) is 8.32. The van der Waals surface area contributed by atoms with Gasteiger partial charge in [-0.1, -0.05) is 6.07 Å². The second-order valence-corrected chi connectivity index (χ2v) is 6.32. The van der Waals surface area contributed by atoms with Crippen LogP contribution in [0.4, 0.5) is 0 Å². The second kappa shape index (κ2) is 8.39. The van der Waals surface area contributed by atoms with Gasteiger partial charge in [-0.25, -0.2) is 0 Å². The average Bonchev–Trinajstić information content (AvgIpc) is 3.11. The third kappa shape index (κ3) is 4.89. The topological polar surface area (TPSA) is 52.6 Å². The molecule has 0 saturated carbocycles. The van der Waals surface area contributed by atoms with Crippen molar-refractivity contribution in [2.45, 2.75) is 38.1 Å². The Kier molecular flexibility index (Phi) is 6.50. The molecule has 1 unspecified atom stereocenters. The van der Waals surface area contributed by atoms with Gasteiger partial charge in [-0.15, -0.1) is 11.3 Å². The van der Waals surface area contributed by atoms with Crippen molar-refractivity contribution in [3.05, 3.63) is 22.4 Å². The molecule has 0 aliphatic carbocycles. The van der Waals surface area contributed by atoms with Gasteiger partial charge >= 0.3 is 0 Å². The Morgan fingerprint density at radius 1 is 1.55 bits per heavy atom. The molecule has 5 heteroatoms. The first kappa shape index (κ1) is 15.5. The molecular formula is C15H24N2O2S. The minimum atomic E-state index is 0.0450. The van der Waals surface area contributed by atoms with Crippen LogP contribution in [-0.4, -0.2) is 48.2 Å². The lowest BCUT2D eigenvalue weighted by Crippen LogP contribution is -2.42. The molecule has 1 atom stereocenters. The number of hydrogen-bond donors (Lipinski definition) is 2. The minimum Gasteiger partial charge on any atom is -0.395 e. The molecule has 20 heavy (non-hydrogen) atoms. The summed E-state index contributed by atoms with van der Waals surface area (Å²) in [4.78, 5) is 15.4. The third-order valence-corrected chi connectivity index (χ3v) is 4.66. The third-order valence-electron chi connectivity index (χ3n) is 3.72. The molecule has 1 aromatic rings. The van der Waals surface area contributed by atoms with E-state index in [-0.39, 0.29) is 12.5 Å². The van der Waals surface area contributed by atoms with E-state index in [0.717, 1.165) is 32.4 Å². The molecular weight excluding hydrogens is 272 g/mol. The number of aliphatic hydroxyl groups is 1. The molecule has 1 fully saturated rings. The Labute approximate surface area is 124 Å². The number of aryl methyl sites for hydroxylation is 1. The highest BCUT2D eigenvalue weighted by Gasteiger charge is 2.20. The fourth-order valence-electron chi connectivity index (χ4n) is 2.64. The van der Waals surface area contributed by atoms with Gasteiger partial charge in [0.15, 0.2) is 0 Å². The number of hydrogen-bond acceptors (Lipinski definition) is 4. The van der Waals surface area contributed by atoms with Crippen LogP contribution in [0.3, 0.4) is 0 Å². The van der Waals surface area contributed by atoms with Crippen molar-refractivity contribution in [3.63, 3.8) is 0 Å². The molecule has 112 valence electrons. The highest BCUT2D eigenvalue weighted by Crippen LogP contribution is 2.13. The standard InChI is InChI=1S/C15H24N2O2S/c18-10-9-17(12-13-4-2-8-16-13)15(19)7-1-5-14-6-3-11-20-14/h3,6,11,13,16,18H,1-2,4-5,7-10,12H2. The van der Waals surface area contributed by atoms with Gasteiger partial charge < -0.3 is 15.3 Å². The number of carbonyl (C=O) groups is 1. The molecule has 1 amide bonds. The highest BCUT2D eigenvalue weighted by atomic mass is 32.1. The molecule has 4 nitrogen and oxygen atoms in total. The molecule has 0 aromatic carbocycles. The van der Waals surface area contributed by atoms with E-state index in [1.54, 1.807) is 11.3 Å². The van der Waals surface area contributed by atoms with Crippen LogP contribution in [0.5, 0.6) is 0 Å². The van der Waals surface area contributed by atoms with Gasteiger partial charge in [0, 0.05) is 30.4 Å². The number of carbonyl (C=O) groups excluding carboxylic acids is 1. The van der Waals surface area contributed by atoms with Crippen LogP contribution in [0.1, 0.15) is 30.6 Å². The number of thiophene rings is 1. The van der Waals surface area contributed by atoms with E-state index in [0.29, 0.717) is 19.0 Å². The van der Waals surface area contributed by atoms with Gasteiger partial charge in [0.1, 0.15) is 0 Å². The van der Waals surface area contributed by atoms with Gasteiger partial charge in [0.2, 0.25) is 5.91 Å². The zero-order chi connectivity index (χ0) is 14.2. The monoisotopic (exact) mass is 296 g/mol. The Morgan fingerprint density at radius 3 is 3.10 bits per heavy atom. The molecule has 1 aliphatic rings. The van der Waals surface area contributed by atoms with Crippen molar-refractivity contribution in [1.29, 1.82) is 0 Å². The van der Waals surface area contributed by atoms with Crippen LogP contribution in [-0.2, 0) is 11.2 Å². The van der Waals surface area contributed by atoms with Crippen LogP contribution < -0.4 is 5.32 Å². The molecule has 1 saturated heterocycles. The van der Waals surface area contributed by atoms with E-state index < -0.39 is 0 Å². The number of amides is 1. The summed E-state index contributed by atoms with van der Waals surface area (Å²) in [5.41, 5.74) is 0. The van der Waals surface area contributed by atoms with E-state index in [2.05, 4.69) is 16.8 Å². The molecule has 0 bridgehead atoms. The van der Waals surface area contributed by atoms with Crippen LogP contribution in [0, 0.1) is 0 Å². The zero-order valence-corrected chi connectivity index (χ0v) is 12.7. The van der Waals surface area contributed by atoms with E-state index in [1.807, 2.05) is 11.0 Å². The van der Waals surface area contributed by atoms with Crippen molar-refractivity contribution in [1.82, 2.24) is 10.2 Å². The predicted octanol–water partition coefficient (Wildman–Crippen LogP) is 1.64. The van der Waals surface area contributed by atoms with Crippen molar-refractivity contribution in [3.8, 4) is 0 Å². The summed E-state index contributed by atoms with van der Waals surface area (Å²) in [6, 6.07) is 4.57. The number of nitrogens with zero attached hydrogens (tertiary/aromatic N) is 1. The Hall–Kier alpha value is -0.910. The number of nitrogens with one attached hydrogen (secondary N) is 1. The highest BCUT2D eigenvalue weighted by molar-refractivity contribution is 7.09. The van der Waals surface area contributed by atoms with Gasteiger partial charge in [-0.3, -0.25) is 4.79 Å². The molecule has 1 aliphatic heterocycles. The van der Waals surface area contributed by atoms with Crippen LogP contribution in [0.15, 0.2) is 17.5 Å². The maximum atomic E-state index is 12.2. The molecule has 2 N–H and O–H groups in total. The maximum Gasteiger partial charge on any atom is 0.222 e. The SMILES string of the molecule is O=C(CCCc1cccs1)N(CCO)CC1CCCN1. The molecule has 1 aromatic heterocycles. The Bertz CT molecular complexity index is 389. The maximum absolute atomic E-state index is 12.2. The van der Waals surface area contributed by atoms with Crippen molar-refractivity contribution in [2.75, 3.05) is 26.2 Å². The van der Waals surface area contributed by atoms with E-state index in [1.165, 1.54) is 11.3 Å². The van der Waals surface area contributed by atoms with Gasteiger partial charge in [0.25, 0.3) is 0 Å². The van der Waals surface area contributed by atoms with Gasteiger partial charge in [-0.2, -0.15) is 0 Å². The number of rotatable bonds is 8. The van der Waals surface area contributed by atoms with E-state index in [9.17, 15) is 4.79 Å². The summed E-state index contributed by atoms with van der Waals surface area (Å²) >= 11 is 1.74. The summed E-state index contributed by atoms with van der Waals surface area (Å²) in [5.74, 6) is 0.171. The summed E-state index contributed by atoms with van der Waals surface area (Å²) < 4.78 is 0. The smallest absolute Gasteiger partial charge is 0.222 e. The lowest BCUT2D eigenvalue weighted by atomic mass is 10.1. The predicted molar refractivity (Wildman–Crippen MR) is 81.9 cm³/mol. The van der Waals surface area contributed by atoms with Crippen molar-refractivity contribution < 1.29 is 9.90 Å². The Morgan fingerprint density at radius 2 is 2.45 bits per heavy atom. The second-order valence-electron chi connectivity index (χ2n) is 5.29. The normalized spacial score (nSPS) is 18.4. The number of aliphatic hydroxyl groups excluding tert-OH is 1. The van der Waals surface area contributed by atoms with E-state index in [4.69, 9.17) is 5.11 Å². The summed E-state index contributed by atoms with van der Waals surface area (Å²) in [7, 11) is 0. The lowest BCUT2D eigenvalue weighted by Gasteiger charge is -2.25.